The summed E-state index contributed by atoms with van der Waals surface area (Å²) in [6.45, 7) is 0. The third-order valence-electron chi connectivity index (χ3n) is 2.16. The number of nitriles is 1. The first kappa shape index (κ1) is 10.7. The van der Waals surface area contributed by atoms with Crippen LogP contribution in [-0.2, 0) is 0 Å². The summed E-state index contributed by atoms with van der Waals surface area (Å²) in [5, 5.41) is 8.76. The van der Waals surface area contributed by atoms with Crippen molar-refractivity contribution < 1.29 is 0 Å². The Morgan fingerprint density at radius 1 is 1.06 bits per heavy atom. The maximum Gasteiger partial charge on any atom is 0.139 e. The monoisotopic (exact) mass is 219 g/mol. The molecular formula is C14H9N3. The molecule has 0 aliphatic heterocycles. The lowest BCUT2D eigenvalue weighted by atomic mass is 10.1. The van der Waals surface area contributed by atoms with Gasteiger partial charge < -0.3 is 5.73 Å². The van der Waals surface area contributed by atoms with Crippen LogP contribution in [0.3, 0.4) is 0 Å². The molecule has 3 heteroatoms. The molecule has 2 aromatic rings. The van der Waals surface area contributed by atoms with Gasteiger partial charge in [0.05, 0.1) is 11.1 Å². The van der Waals surface area contributed by atoms with Crippen LogP contribution in [-0.4, -0.2) is 4.98 Å². The second-order valence-corrected chi connectivity index (χ2v) is 3.38. The van der Waals surface area contributed by atoms with Gasteiger partial charge in [-0.1, -0.05) is 30.0 Å². The van der Waals surface area contributed by atoms with E-state index in [1.165, 1.54) is 6.20 Å². The number of nitrogens with two attached hydrogens (primary N) is 1. The summed E-state index contributed by atoms with van der Waals surface area (Å²) in [5.74, 6) is 6.23. The zero-order chi connectivity index (χ0) is 12.1. The lowest BCUT2D eigenvalue weighted by molar-refractivity contribution is 1.30. The minimum Gasteiger partial charge on any atom is -0.383 e. The van der Waals surface area contributed by atoms with Crippen LogP contribution >= 0.6 is 0 Å². The van der Waals surface area contributed by atoms with E-state index in [1.807, 2.05) is 36.4 Å². The van der Waals surface area contributed by atoms with Crippen LogP contribution in [0.4, 0.5) is 5.82 Å². The summed E-state index contributed by atoms with van der Waals surface area (Å²) in [6.07, 6.45) is 1.43. The van der Waals surface area contributed by atoms with Crippen LogP contribution in [0.2, 0.25) is 0 Å². The SMILES string of the molecule is N#Cc1cnc(N)c(C#Cc2ccccc2)c1. The molecule has 1 aromatic carbocycles. The van der Waals surface area contributed by atoms with Crippen molar-refractivity contribution >= 4 is 5.82 Å². The van der Waals surface area contributed by atoms with E-state index < -0.39 is 0 Å². The highest BCUT2D eigenvalue weighted by Crippen LogP contribution is 2.09. The third kappa shape index (κ3) is 2.62. The Morgan fingerprint density at radius 3 is 2.53 bits per heavy atom. The molecule has 0 saturated carbocycles. The molecule has 3 nitrogen and oxygen atoms in total. The van der Waals surface area contributed by atoms with Gasteiger partial charge in [-0.15, -0.1) is 0 Å². The fourth-order valence-corrected chi connectivity index (χ4v) is 1.30. The van der Waals surface area contributed by atoms with Crippen LogP contribution in [0, 0.1) is 23.2 Å². The van der Waals surface area contributed by atoms with E-state index in [4.69, 9.17) is 11.0 Å². The van der Waals surface area contributed by atoms with Crippen molar-refractivity contribution in [1.82, 2.24) is 4.98 Å². The Balaban J connectivity index is 2.37. The molecule has 0 spiro atoms. The van der Waals surface area contributed by atoms with Gasteiger partial charge in [-0.2, -0.15) is 5.26 Å². The predicted octanol–water partition coefficient (Wildman–Crippen LogP) is 1.94. The van der Waals surface area contributed by atoms with E-state index in [1.54, 1.807) is 6.07 Å². The zero-order valence-electron chi connectivity index (χ0n) is 9.01. The number of nitrogen functional groups attached to an aromatic ring is 1. The number of aromatic nitrogens is 1. The number of hydrogen-bond acceptors (Lipinski definition) is 3. The Bertz CT molecular complexity index is 628. The first-order chi connectivity index (χ1) is 8.29. The summed E-state index contributed by atoms with van der Waals surface area (Å²) in [5.41, 5.74) is 7.61. The lowest BCUT2D eigenvalue weighted by Crippen LogP contribution is -1.95. The molecule has 80 valence electrons. The van der Waals surface area contributed by atoms with E-state index >= 15 is 0 Å². The Labute approximate surface area is 99.5 Å². The van der Waals surface area contributed by atoms with E-state index in [2.05, 4.69) is 16.8 Å². The van der Waals surface area contributed by atoms with Crippen LogP contribution < -0.4 is 5.73 Å². The highest BCUT2D eigenvalue weighted by atomic mass is 14.8. The highest BCUT2D eigenvalue weighted by molar-refractivity contribution is 5.55. The largest absolute Gasteiger partial charge is 0.383 e. The van der Waals surface area contributed by atoms with Gasteiger partial charge in [0.2, 0.25) is 0 Å². The van der Waals surface area contributed by atoms with Gasteiger partial charge in [-0.05, 0) is 18.2 Å². The first-order valence-electron chi connectivity index (χ1n) is 5.02. The molecule has 0 saturated heterocycles. The Morgan fingerprint density at radius 2 is 1.82 bits per heavy atom. The van der Waals surface area contributed by atoms with E-state index in [-0.39, 0.29) is 0 Å². The highest BCUT2D eigenvalue weighted by Gasteiger charge is 1.98. The summed E-state index contributed by atoms with van der Waals surface area (Å²) in [4.78, 5) is 3.91. The fourth-order valence-electron chi connectivity index (χ4n) is 1.30. The Hall–Kier alpha value is -2.78. The quantitative estimate of drug-likeness (QED) is 0.689. The van der Waals surface area contributed by atoms with Crippen molar-refractivity contribution in [1.29, 1.82) is 5.26 Å². The maximum atomic E-state index is 8.76. The van der Waals surface area contributed by atoms with Crippen molar-refractivity contribution in [2.45, 2.75) is 0 Å². The molecule has 2 N–H and O–H groups in total. The van der Waals surface area contributed by atoms with Crippen LogP contribution in [0.15, 0.2) is 42.6 Å². The van der Waals surface area contributed by atoms with Gasteiger partial charge in [0.1, 0.15) is 11.9 Å². The van der Waals surface area contributed by atoms with E-state index in [0.29, 0.717) is 16.9 Å². The lowest BCUT2D eigenvalue weighted by Gasteiger charge is -1.96. The van der Waals surface area contributed by atoms with Crippen molar-refractivity contribution in [2.24, 2.45) is 0 Å². The molecule has 17 heavy (non-hydrogen) atoms. The molecule has 1 heterocycles. The molecule has 0 radical (unpaired) electrons. The van der Waals surface area contributed by atoms with E-state index in [0.717, 1.165) is 5.56 Å². The number of benzene rings is 1. The smallest absolute Gasteiger partial charge is 0.139 e. The second-order valence-electron chi connectivity index (χ2n) is 3.38. The molecule has 1 aromatic heterocycles. The molecular weight excluding hydrogens is 210 g/mol. The van der Waals surface area contributed by atoms with Crippen molar-refractivity contribution in [3.05, 3.63) is 59.3 Å². The average molecular weight is 219 g/mol. The standard InChI is InChI=1S/C14H9N3/c15-9-12-8-13(14(16)17-10-12)7-6-11-4-2-1-3-5-11/h1-5,8,10H,(H2,16,17). The molecule has 0 bridgehead atoms. The molecule has 2 rings (SSSR count). The van der Waals surface area contributed by atoms with Gasteiger partial charge in [0, 0.05) is 11.8 Å². The number of rotatable bonds is 0. The van der Waals surface area contributed by atoms with Crippen LogP contribution in [0.1, 0.15) is 16.7 Å². The number of hydrogen-bond donors (Lipinski definition) is 1. The van der Waals surface area contributed by atoms with Gasteiger partial charge >= 0.3 is 0 Å². The molecule has 0 fully saturated rings. The van der Waals surface area contributed by atoms with Crippen LogP contribution in [0.25, 0.3) is 0 Å². The number of nitrogens with zero attached hydrogens (tertiary/aromatic N) is 2. The third-order valence-corrected chi connectivity index (χ3v) is 2.16. The maximum absolute atomic E-state index is 8.76. The summed E-state index contributed by atoms with van der Waals surface area (Å²) in [7, 11) is 0. The van der Waals surface area contributed by atoms with Crippen molar-refractivity contribution in [3.8, 4) is 17.9 Å². The second kappa shape index (κ2) is 4.83. The summed E-state index contributed by atoms with van der Waals surface area (Å²) >= 11 is 0. The molecule has 0 atom stereocenters. The molecule has 0 aliphatic rings. The minimum absolute atomic E-state index is 0.340. The van der Waals surface area contributed by atoms with Crippen molar-refractivity contribution in [2.75, 3.05) is 5.73 Å². The Kier molecular flexibility index (Phi) is 3.05. The fraction of sp³-hybridized carbons (Fsp3) is 0. The first-order valence-corrected chi connectivity index (χ1v) is 5.02. The normalized spacial score (nSPS) is 8.88. The molecule has 0 amide bonds. The molecule has 0 aliphatic carbocycles. The summed E-state index contributed by atoms with van der Waals surface area (Å²) in [6, 6.07) is 13.2. The van der Waals surface area contributed by atoms with Crippen LogP contribution in [0.5, 0.6) is 0 Å². The number of anilines is 1. The van der Waals surface area contributed by atoms with E-state index in [9.17, 15) is 0 Å². The van der Waals surface area contributed by atoms with Gasteiger partial charge in [0.15, 0.2) is 0 Å². The van der Waals surface area contributed by atoms with Gasteiger partial charge in [-0.3, -0.25) is 0 Å². The number of pyridine rings is 1. The average Bonchev–Trinajstić information content (AvgIpc) is 2.39. The van der Waals surface area contributed by atoms with Crippen molar-refractivity contribution in [3.63, 3.8) is 0 Å². The predicted molar refractivity (Wildman–Crippen MR) is 65.8 cm³/mol. The minimum atomic E-state index is 0.340. The topological polar surface area (TPSA) is 62.7 Å². The zero-order valence-corrected chi connectivity index (χ0v) is 9.01. The summed E-state index contributed by atoms with van der Waals surface area (Å²) < 4.78 is 0. The molecule has 0 unspecified atom stereocenters. The van der Waals surface area contributed by atoms with Gasteiger partial charge in [-0.25, -0.2) is 4.98 Å². The van der Waals surface area contributed by atoms with Gasteiger partial charge in [0.25, 0.3) is 0 Å².